The molecular weight excluding hydrogens is 323 g/mol. The van der Waals surface area contributed by atoms with Gasteiger partial charge in [0.05, 0.1) is 11.8 Å². The summed E-state index contributed by atoms with van der Waals surface area (Å²) in [6.45, 7) is 1.98. The summed E-state index contributed by atoms with van der Waals surface area (Å²) in [6.07, 6.45) is -0.133. The van der Waals surface area contributed by atoms with E-state index in [4.69, 9.17) is 0 Å². The molecule has 1 aliphatic rings. The molecule has 0 bridgehead atoms. The monoisotopic (exact) mass is 339 g/mol. The Morgan fingerprint density at radius 2 is 2.08 bits per heavy atom. The maximum atomic E-state index is 12.5. The summed E-state index contributed by atoms with van der Waals surface area (Å²) >= 11 is 0. The predicted molar refractivity (Wildman–Crippen MR) is 78.4 cm³/mol. The van der Waals surface area contributed by atoms with Crippen molar-refractivity contribution in [2.24, 2.45) is 5.92 Å². The molecule has 24 heavy (non-hydrogen) atoms. The van der Waals surface area contributed by atoms with Crippen LogP contribution in [0.25, 0.3) is 5.82 Å². The van der Waals surface area contributed by atoms with Crippen molar-refractivity contribution in [3.63, 3.8) is 0 Å². The van der Waals surface area contributed by atoms with Crippen LogP contribution >= 0.6 is 0 Å². The smallest absolute Gasteiger partial charge is 0.337 e. The van der Waals surface area contributed by atoms with Gasteiger partial charge in [-0.15, -0.1) is 5.10 Å². The van der Waals surface area contributed by atoms with E-state index in [0.717, 1.165) is 25.1 Å². The van der Waals surface area contributed by atoms with Crippen LogP contribution in [0.4, 0.5) is 13.2 Å². The molecule has 0 N–H and O–H groups in total. The third-order valence-corrected chi connectivity index (χ3v) is 4.26. The largest absolute Gasteiger partial charge is 0.417 e. The summed E-state index contributed by atoms with van der Waals surface area (Å²) in [6, 6.07) is 2.21. The summed E-state index contributed by atoms with van der Waals surface area (Å²) in [4.78, 5) is 17.7. The Morgan fingerprint density at radius 1 is 1.38 bits per heavy atom. The maximum Gasteiger partial charge on any atom is 0.417 e. The minimum Gasteiger partial charge on any atom is -0.337 e. The summed E-state index contributed by atoms with van der Waals surface area (Å²) in [5, 5.41) is 7.58. The van der Waals surface area contributed by atoms with Crippen LogP contribution in [0.1, 0.15) is 35.8 Å². The molecule has 0 aliphatic heterocycles. The molecule has 1 unspecified atom stereocenters. The van der Waals surface area contributed by atoms with E-state index in [0.29, 0.717) is 5.92 Å². The van der Waals surface area contributed by atoms with Crippen molar-refractivity contribution in [3.05, 3.63) is 35.8 Å². The second-order valence-electron chi connectivity index (χ2n) is 5.95. The highest BCUT2D eigenvalue weighted by Gasteiger charge is 2.33. The van der Waals surface area contributed by atoms with E-state index >= 15 is 0 Å². The second-order valence-corrected chi connectivity index (χ2v) is 5.95. The van der Waals surface area contributed by atoms with Crippen LogP contribution in [0.5, 0.6) is 0 Å². The van der Waals surface area contributed by atoms with Gasteiger partial charge in [-0.05, 0) is 37.8 Å². The fourth-order valence-corrected chi connectivity index (χ4v) is 2.42. The van der Waals surface area contributed by atoms with Crippen molar-refractivity contribution in [1.29, 1.82) is 0 Å². The first-order chi connectivity index (χ1) is 11.3. The predicted octanol–water partition coefficient (Wildman–Crippen LogP) is 2.55. The zero-order chi connectivity index (χ0) is 17.5. The Labute approximate surface area is 136 Å². The quantitative estimate of drug-likeness (QED) is 0.859. The summed E-state index contributed by atoms with van der Waals surface area (Å²) in [5.74, 6) is 0.408. The summed E-state index contributed by atoms with van der Waals surface area (Å²) in [5.41, 5.74) is -0.715. The van der Waals surface area contributed by atoms with Crippen LogP contribution < -0.4 is 0 Å². The van der Waals surface area contributed by atoms with Gasteiger partial charge in [0, 0.05) is 19.3 Å². The first-order valence-electron chi connectivity index (χ1n) is 7.50. The van der Waals surface area contributed by atoms with Gasteiger partial charge in [-0.2, -0.15) is 13.2 Å². The third kappa shape index (κ3) is 3.24. The van der Waals surface area contributed by atoms with E-state index in [1.165, 1.54) is 16.9 Å². The molecule has 1 fully saturated rings. The highest BCUT2D eigenvalue weighted by molar-refractivity contribution is 5.92. The molecule has 0 saturated heterocycles. The van der Waals surface area contributed by atoms with Crippen LogP contribution in [0, 0.1) is 5.92 Å². The highest BCUT2D eigenvalue weighted by atomic mass is 19.4. The first kappa shape index (κ1) is 16.4. The third-order valence-electron chi connectivity index (χ3n) is 4.26. The van der Waals surface area contributed by atoms with Crippen LogP contribution in [-0.4, -0.2) is 43.9 Å². The van der Waals surface area contributed by atoms with Gasteiger partial charge in [0.25, 0.3) is 5.91 Å². The van der Waals surface area contributed by atoms with Gasteiger partial charge >= 0.3 is 6.18 Å². The fourth-order valence-electron chi connectivity index (χ4n) is 2.42. The standard InChI is InChI=1S/C15H16F3N5O/c1-9(10-3-4-10)22(2)14(24)12-8-23(21-20-12)13-6-5-11(7-19-13)15(16,17)18/h5-10H,3-4H2,1-2H3. The Morgan fingerprint density at radius 3 is 2.62 bits per heavy atom. The molecule has 0 spiro atoms. The molecule has 6 nitrogen and oxygen atoms in total. The molecule has 2 aromatic rings. The van der Waals surface area contributed by atoms with E-state index in [2.05, 4.69) is 15.3 Å². The van der Waals surface area contributed by atoms with E-state index in [1.54, 1.807) is 11.9 Å². The molecule has 9 heteroatoms. The number of alkyl halides is 3. The van der Waals surface area contributed by atoms with E-state index in [1.807, 2.05) is 6.92 Å². The Hall–Kier alpha value is -2.45. The average molecular weight is 339 g/mol. The molecule has 3 rings (SSSR count). The van der Waals surface area contributed by atoms with Crippen LogP contribution in [0.2, 0.25) is 0 Å². The van der Waals surface area contributed by atoms with Crippen molar-refractivity contribution in [2.75, 3.05) is 7.05 Å². The van der Waals surface area contributed by atoms with Gasteiger partial charge in [0.15, 0.2) is 11.5 Å². The van der Waals surface area contributed by atoms with Crippen LogP contribution in [0.3, 0.4) is 0 Å². The van der Waals surface area contributed by atoms with Gasteiger partial charge in [-0.1, -0.05) is 5.21 Å². The lowest BCUT2D eigenvalue weighted by Gasteiger charge is -2.23. The zero-order valence-corrected chi connectivity index (χ0v) is 13.2. The normalized spacial score (nSPS) is 16.0. The van der Waals surface area contributed by atoms with Crippen molar-refractivity contribution < 1.29 is 18.0 Å². The average Bonchev–Trinajstić information content (AvgIpc) is 3.29. The Bertz CT molecular complexity index is 736. The first-order valence-corrected chi connectivity index (χ1v) is 7.50. The zero-order valence-electron chi connectivity index (χ0n) is 13.2. The molecule has 1 atom stereocenters. The SMILES string of the molecule is CC(C1CC1)N(C)C(=O)c1cn(-c2ccc(C(F)(F)F)cn2)nn1. The number of carbonyl (C=O) groups is 1. The second kappa shape index (κ2) is 5.88. The number of hydrogen-bond acceptors (Lipinski definition) is 4. The van der Waals surface area contributed by atoms with E-state index < -0.39 is 11.7 Å². The Kier molecular flexibility index (Phi) is 4.02. The number of carbonyl (C=O) groups excluding carboxylic acids is 1. The fraction of sp³-hybridized carbons (Fsp3) is 0.467. The molecule has 1 aliphatic carbocycles. The lowest BCUT2D eigenvalue weighted by molar-refractivity contribution is -0.137. The summed E-state index contributed by atoms with van der Waals surface area (Å²) < 4.78 is 38.8. The molecule has 1 amide bonds. The van der Waals surface area contributed by atoms with Gasteiger partial charge in [0.2, 0.25) is 0 Å². The van der Waals surface area contributed by atoms with Crippen LogP contribution in [-0.2, 0) is 6.18 Å². The molecule has 128 valence electrons. The van der Waals surface area contributed by atoms with E-state index in [9.17, 15) is 18.0 Å². The Balaban J connectivity index is 1.76. The van der Waals surface area contributed by atoms with Crippen molar-refractivity contribution in [3.8, 4) is 5.82 Å². The number of hydrogen-bond donors (Lipinski definition) is 0. The molecule has 0 aromatic carbocycles. The molecule has 1 saturated carbocycles. The van der Waals surface area contributed by atoms with Gasteiger partial charge in [0.1, 0.15) is 0 Å². The van der Waals surface area contributed by atoms with Crippen molar-refractivity contribution >= 4 is 5.91 Å². The van der Waals surface area contributed by atoms with Crippen LogP contribution in [0.15, 0.2) is 24.5 Å². The molecule has 2 aromatic heterocycles. The number of halogens is 3. The number of pyridine rings is 1. The number of amides is 1. The highest BCUT2D eigenvalue weighted by Crippen LogP contribution is 2.35. The lowest BCUT2D eigenvalue weighted by atomic mass is 10.2. The van der Waals surface area contributed by atoms with Gasteiger partial charge in [-0.25, -0.2) is 9.67 Å². The van der Waals surface area contributed by atoms with Crippen molar-refractivity contribution in [2.45, 2.75) is 32.0 Å². The van der Waals surface area contributed by atoms with Gasteiger partial charge in [-0.3, -0.25) is 4.79 Å². The van der Waals surface area contributed by atoms with Gasteiger partial charge < -0.3 is 4.90 Å². The number of aromatic nitrogens is 4. The number of rotatable bonds is 4. The summed E-state index contributed by atoms with van der Waals surface area (Å²) in [7, 11) is 1.71. The minimum atomic E-state index is -4.45. The molecular formula is C15H16F3N5O. The lowest BCUT2D eigenvalue weighted by Crippen LogP contribution is -2.36. The minimum absolute atomic E-state index is 0.117. The van der Waals surface area contributed by atoms with E-state index in [-0.39, 0.29) is 23.5 Å². The van der Waals surface area contributed by atoms with Crippen molar-refractivity contribution in [1.82, 2.24) is 24.9 Å². The molecule has 2 heterocycles. The maximum absolute atomic E-state index is 12.5. The molecule has 0 radical (unpaired) electrons. The topological polar surface area (TPSA) is 63.9 Å². The number of nitrogens with zero attached hydrogens (tertiary/aromatic N) is 5.